The molecule has 6 rings (SSSR count). The summed E-state index contributed by atoms with van der Waals surface area (Å²) in [6.45, 7) is 7.84. The lowest BCUT2D eigenvalue weighted by molar-refractivity contribution is 0.153. The number of aromatic nitrogens is 5. The first-order valence-electron chi connectivity index (χ1n) is 10.8. The first-order chi connectivity index (χ1) is 15.0. The van der Waals surface area contributed by atoms with Crippen LogP contribution in [0.15, 0.2) is 30.7 Å². The molecule has 31 heavy (non-hydrogen) atoms. The molecule has 8 heteroatoms. The van der Waals surface area contributed by atoms with Gasteiger partial charge in [0.2, 0.25) is 0 Å². The average Bonchev–Trinajstić information content (AvgIpc) is 3.14. The van der Waals surface area contributed by atoms with Crippen LogP contribution in [-0.4, -0.2) is 62.2 Å². The molecule has 1 aliphatic carbocycles. The normalized spacial score (nSPS) is 23.2. The Hall–Kier alpha value is -2.84. The van der Waals surface area contributed by atoms with Crippen LogP contribution in [0.4, 0.5) is 4.39 Å². The van der Waals surface area contributed by atoms with Gasteiger partial charge in [0.05, 0.1) is 29.9 Å². The third-order valence-corrected chi connectivity index (χ3v) is 6.77. The minimum atomic E-state index is -0.322. The van der Waals surface area contributed by atoms with Crippen LogP contribution >= 0.6 is 0 Å². The van der Waals surface area contributed by atoms with E-state index in [4.69, 9.17) is 4.74 Å². The van der Waals surface area contributed by atoms with Crippen molar-refractivity contribution in [2.24, 2.45) is 11.8 Å². The van der Waals surface area contributed by atoms with Crippen LogP contribution in [-0.2, 0) is 4.74 Å². The van der Waals surface area contributed by atoms with Crippen molar-refractivity contribution in [2.75, 3.05) is 33.4 Å². The van der Waals surface area contributed by atoms with Gasteiger partial charge >= 0.3 is 0 Å². The molecule has 4 aromatic rings. The van der Waals surface area contributed by atoms with Gasteiger partial charge < -0.3 is 14.0 Å². The summed E-state index contributed by atoms with van der Waals surface area (Å²) in [6.07, 6.45) is 5.81. The van der Waals surface area contributed by atoms with Crippen molar-refractivity contribution in [3.05, 3.63) is 53.5 Å². The van der Waals surface area contributed by atoms with Crippen LogP contribution in [0.1, 0.15) is 22.9 Å². The van der Waals surface area contributed by atoms with Gasteiger partial charge in [-0.15, -0.1) is 0 Å². The summed E-state index contributed by atoms with van der Waals surface area (Å²) in [5.74, 6) is 1.37. The van der Waals surface area contributed by atoms with E-state index in [1.54, 1.807) is 11.6 Å². The molecular weight excluding hydrogens is 395 g/mol. The molecule has 0 aromatic carbocycles. The molecule has 5 heterocycles. The van der Waals surface area contributed by atoms with Crippen LogP contribution in [0.5, 0.6) is 0 Å². The molecular formula is C23H25FN6O. The van der Waals surface area contributed by atoms with Gasteiger partial charge in [0.1, 0.15) is 0 Å². The van der Waals surface area contributed by atoms with Crippen LogP contribution in [0.3, 0.4) is 0 Å². The maximum atomic E-state index is 15.0. The molecule has 0 N–H and O–H groups in total. The fourth-order valence-electron chi connectivity index (χ4n) is 5.22. The molecule has 2 fully saturated rings. The number of fused-ring (bicyclic) bond motifs is 3. The molecule has 1 aliphatic heterocycles. The Morgan fingerprint density at radius 2 is 1.87 bits per heavy atom. The van der Waals surface area contributed by atoms with E-state index in [-0.39, 0.29) is 5.82 Å². The van der Waals surface area contributed by atoms with E-state index in [1.807, 2.05) is 42.9 Å². The summed E-state index contributed by atoms with van der Waals surface area (Å²) in [4.78, 5) is 11.6. The molecule has 3 atom stereocenters. The lowest BCUT2D eigenvalue weighted by atomic mass is 10.1. The minimum absolute atomic E-state index is 0.322. The van der Waals surface area contributed by atoms with Crippen molar-refractivity contribution in [3.8, 4) is 11.3 Å². The summed E-state index contributed by atoms with van der Waals surface area (Å²) >= 11 is 0. The number of imidazole rings is 2. The Morgan fingerprint density at radius 3 is 2.65 bits per heavy atom. The fraction of sp³-hybridized carbons (Fsp3) is 0.435. The van der Waals surface area contributed by atoms with E-state index in [0.29, 0.717) is 23.4 Å². The van der Waals surface area contributed by atoms with E-state index in [1.165, 1.54) is 6.07 Å². The number of hydrogen-bond acceptors (Lipinski definition) is 5. The Balaban J connectivity index is 1.31. The zero-order chi connectivity index (χ0) is 21.3. The molecule has 1 saturated heterocycles. The average molecular weight is 420 g/mol. The number of rotatable bonds is 5. The first-order valence-corrected chi connectivity index (χ1v) is 10.8. The van der Waals surface area contributed by atoms with E-state index >= 15 is 0 Å². The number of likely N-dealkylation sites (tertiary alicyclic amines) is 1. The predicted octanol–water partition coefficient (Wildman–Crippen LogP) is 3.09. The summed E-state index contributed by atoms with van der Waals surface area (Å²) in [5.41, 5.74) is 5.58. The number of hydrogen-bond donors (Lipinski definition) is 0. The highest BCUT2D eigenvalue weighted by Gasteiger charge is 2.57. The van der Waals surface area contributed by atoms with Crippen molar-refractivity contribution in [1.29, 1.82) is 0 Å². The van der Waals surface area contributed by atoms with E-state index < -0.39 is 0 Å². The second-order valence-electron chi connectivity index (χ2n) is 8.94. The van der Waals surface area contributed by atoms with Crippen LogP contribution in [0.2, 0.25) is 0 Å². The second-order valence-corrected chi connectivity index (χ2v) is 8.94. The number of piperidine rings is 1. The van der Waals surface area contributed by atoms with Gasteiger partial charge in [0.25, 0.3) is 0 Å². The van der Waals surface area contributed by atoms with Gasteiger partial charge in [-0.1, -0.05) is 0 Å². The molecule has 7 nitrogen and oxygen atoms in total. The molecule has 0 bridgehead atoms. The number of nitrogens with zero attached hydrogens (tertiary/aromatic N) is 6. The molecule has 1 unspecified atom stereocenters. The Labute approximate surface area is 179 Å². The van der Waals surface area contributed by atoms with E-state index in [9.17, 15) is 4.39 Å². The smallest absolute Gasteiger partial charge is 0.173 e. The first kappa shape index (κ1) is 18.9. The van der Waals surface area contributed by atoms with Crippen molar-refractivity contribution in [3.63, 3.8) is 0 Å². The Kier molecular flexibility index (Phi) is 4.16. The third kappa shape index (κ3) is 3.04. The quantitative estimate of drug-likeness (QED) is 0.497. The van der Waals surface area contributed by atoms with Crippen LogP contribution in [0.25, 0.3) is 22.6 Å². The number of aryl methyl sites for hydroxylation is 2. The molecule has 2 aliphatic rings. The summed E-state index contributed by atoms with van der Waals surface area (Å²) in [5, 5.41) is 4.65. The van der Waals surface area contributed by atoms with Crippen molar-refractivity contribution < 1.29 is 9.13 Å². The zero-order valence-electron chi connectivity index (χ0n) is 17.9. The lowest BCUT2D eigenvalue weighted by Crippen LogP contribution is -2.27. The van der Waals surface area contributed by atoms with Gasteiger partial charge in [-0.3, -0.25) is 0 Å². The fourth-order valence-corrected chi connectivity index (χ4v) is 5.22. The van der Waals surface area contributed by atoms with Crippen LogP contribution < -0.4 is 0 Å². The monoisotopic (exact) mass is 420 g/mol. The molecule has 0 spiro atoms. The highest BCUT2D eigenvalue weighted by Crippen LogP contribution is 2.57. The van der Waals surface area contributed by atoms with Gasteiger partial charge in [-0.25, -0.2) is 18.9 Å². The molecule has 0 radical (unpaired) electrons. The Bertz CT molecular complexity index is 1300. The minimum Gasteiger partial charge on any atom is -0.383 e. The number of ether oxygens (including phenoxy) is 1. The molecule has 1 saturated carbocycles. The van der Waals surface area contributed by atoms with E-state index in [2.05, 4.69) is 20.0 Å². The van der Waals surface area contributed by atoms with Gasteiger partial charge in [-0.2, -0.15) is 5.10 Å². The number of pyridine rings is 1. The summed E-state index contributed by atoms with van der Waals surface area (Å²) in [7, 11) is 1.74. The highest BCUT2D eigenvalue weighted by molar-refractivity contribution is 5.64. The van der Waals surface area contributed by atoms with Crippen molar-refractivity contribution >= 4 is 11.3 Å². The van der Waals surface area contributed by atoms with Gasteiger partial charge in [0, 0.05) is 50.6 Å². The van der Waals surface area contributed by atoms with Gasteiger partial charge in [0.15, 0.2) is 17.1 Å². The largest absolute Gasteiger partial charge is 0.383 e. The third-order valence-electron chi connectivity index (χ3n) is 6.77. The Morgan fingerprint density at radius 1 is 1.06 bits per heavy atom. The predicted molar refractivity (Wildman–Crippen MR) is 115 cm³/mol. The number of halogens is 1. The van der Waals surface area contributed by atoms with Gasteiger partial charge in [-0.05, 0) is 43.4 Å². The number of methoxy groups -OCH3 is 1. The van der Waals surface area contributed by atoms with Crippen molar-refractivity contribution in [1.82, 2.24) is 28.9 Å². The highest BCUT2D eigenvalue weighted by atomic mass is 19.1. The molecule has 4 aromatic heterocycles. The standard InChI is InChI=1S/C23H25FN6O/c1-13-6-19(27-30-8-14(2)25-22(13)30)15-7-18(24)23-26-20(12-29(23)9-15)21-16-10-28(4-5-31-3)11-17(16)21/h6-9,12,16-17,21H,4-5,10-11H2,1-3H3/t16-,17+,21?. The zero-order valence-corrected chi connectivity index (χ0v) is 17.9. The molecule has 0 amide bonds. The summed E-state index contributed by atoms with van der Waals surface area (Å²) in [6, 6.07) is 3.49. The second kappa shape index (κ2) is 6.83. The lowest BCUT2D eigenvalue weighted by Gasteiger charge is -2.18. The van der Waals surface area contributed by atoms with E-state index in [0.717, 1.165) is 60.1 Å². The molecule has 160 valence electrons. The SMILES string of the molecule is COCCN1C[C@@H]2C(c3cn4cc(-c5cc(C)c6nc(C)cn6n5)cc(F)c4n3)[C@@H]2C1. The summed E-state index contributed by atoms with van der Waals surface area (Å²) < 4.78 is 23.8. The maximum Gasteiger partial charge on any atom is 0.173 e. The van der Waals surface area contributed by atoms with Crippen molar-refractivity contribution in [2.45, 2.75) is 19.8 Å². The topological polar surface area (TPSA) is 60.0 Å². The van der Waals surface area contributed by atoms with Crippen LogP contribution in [0, 0.1) is 31.5 Å². The maximum absolute atomic E-state index is 15.0.